The molecule has 0 fully saturated rings. The van der Waals surface area contributed by atoms with Crippen LogP contribution in [0.5, 0.6) is 0 Å². The lowest BCUT2D eigenvalue weighted by Crippen LogP contribution is -2.18. The lowest BCUT2D eigenvalue weighted by atomic mass is 10.2. The van der Waals surface area contributed by atoms with Gasteiger partial charge in [0.2, 0.25) is 0 Å². The molecule has 2 aromatic rings. The Kier molecular flexibility index (Phi) is 6.40. The van der Waals surface area contributed by atoms with Crippen LogP contribution >= 0.6 is 23.4 Å². The smallest absolute Gasteiger partial charge is 0.0587 e. The number of nitrogens with one attached hydrogen (secondary N) is 1. The Hall–Kier alpha value is -1.00. The van der Waals surface area contributed by atoms with Crippen molar-refractivity contribution in [3.63, 3.8) is 0 Å². The highest BCUT2D eigenvalue weighted by Crippen LogP contribution is 2.29. The van der Waals surface area contributed by atoms with E-state index in [4.69, 9.17) is 16.3 Å². The van der Waals surface area contributed by atoms with Crippen LogP contribution in [0, 0.1) is 0 Å². The summed E-state index contributed by atoms with van der Waals surface area (Å²) in [4.78, 5) is 2.37. The van der Waals surface area contributed by atoms with E-state index in [0.717, 1.165) is 29.6 Å². The fourth-order valence-corrected chi connectivity index (χ4v) is 2.88. The van der Waals surface area contributed by atoms with Crippen LogP contribution in [0.3, 0.4) is 0 Å². The molecule has 0 radical (unpaired) electrons. The van der Waals surface area contributed by atoms with E-state index in [1.54, 1.807) is 18.9 Å². The van der Waals surface area contributed by atoms with Crippen molar-refractivity contribution in [2.24, 2.45) is 0 Å². The van der Waals surface area contributed by atoms with Crippen LogP contribution in [0.2, 0.25) is 5.02 Å². The van der Waals surface area contributed by atoms with E-state index >= 15 is 0 Å². The number of methoxy groups -OCH3 is 1. The Balaban J connectivity index is 1.88. The maximum absolute atomic E-state index is 5.99. The Morgan fingerprint density at radius 3 is 2.60 bits per heavy atom. The molecule has 0 unspecified atom stereocenters. The third-order valence-corrected chi connectivity index (χ3v) is 4.00. The molecule has 0 aromatic heterocycles. The topological polar surface area (TPSA) is 21.3 Å². The van der Waals surface area contributed by atoms with Gasteiger partial charge in [-0.05, 0) is 35.9 Å². The summed E-state index contributed by atoms with van der Waals surface area (Å²) in [5, 5.41) is 4.10. The molecule has 0 saturated carbocycles. The van der Waals surface area contributed by atoms with Crippen molar-refractivity contribution in [3.05, 3.63) is 59.1 Å². The molecule has 2 aromatic carbocycles. The van der Waals surface area contributed by atoms with E-state index in [-0.39, 0.29) is 0 Å². The van der Waals surface area contributed by atoms with Gasteiger partial charge in [0, 0.05) is 35.0 Å². The Labute approximate surface area is 129 Å². The maximum Gasteiger partial charge on any atom is 0.0587 e. The minimum Gasteiger partial charge on any atom is -0.383 e. The van der Waals surface area contributed by atoms with E-state index < -0.39 is 0 Å². The maximum atomic E-state index is 5.99. The summed E-state index contributed by atoms with van der Waals surface area (Å²) in [6.07, 6.45) is 0. The second-order valence-corrected chi connectivity index (χ2v) is 5.96. The van der Waals surface area contributed by atoms with Gasteiger partial charge < -0.3 is 10.1 Å². The minimum atomic E-state index is 0.739. The largest absolute Gasteiger partial charge is 0.383 e. The molecular weight excluding hydrogens is 290 g/mol. The lowest BCUT2D eigenvalue weighted by Gasteiger charge is -2.06. The van der Waals surface area contributed by atoms with Gasteiger partial charge >= 0.3 is 0 Å². The van der Waals surface area contributed by atoms with Crippen molar-refractivity contribution in [3.8, 4) is 0 Å². The normalized spacial score (nSPS) is 10.7. The molecule has 0 aliphatic carbocycles. The summed E-state index contributed by atoms with van der Waals surface area (Å²) in [7, 11) is 1.71. The first kappa shape index (κ1) is 15.4. The molecule has 0 amide bonds. The minimum absolute atomic E-state index is 0.739. The van der Waals surface area contributed by atoms with E-state index in [2.05, 4.69) is 35.6 Å². The molecule has 106 valence electrons. The molecule has 0 spiro atoms. The fraction of sp³-hybridized carbons (Fsp3) is 0.250. The van der Waals surface area contributed by atoms with Crippen molar-refractivity contribution in [1.29, 1.82) is 0 Å². The van der Waals surface area contributed by atoms with Crippen LogP contribution in [-0.4, -0.2) is 20.3 Å². The average molecular weight is 308 g/mol. The monoisotopic (exact) mass is 307 g/mol. The van der Waals surface area contributed by atoms with Gasteiger partial charge in [-0.1, -0.05) is 41.6 Å². The van der Waals surface area contributed by atoms with Gasteiger partial charge in [-0.25, -0.2) is 0 Å². The third-order valence-electron chi connectivity index (χ3n) is 2.77. The molecule has 0 saturated heterocycles. The Bertz CT molecular complexity index is 530. The zero-order valence-electron chi connectivity index (χ0n) is 11.4. The second kappa shape index (κ2) is 8.32. The van der Waals surface area contributed by atoms with Crippen LogP contribution in [0.4, 0.5) is 0 Å². The molecule has 0 aliphatic heterocycles. The zero-order chi connectivity index (χ0) is 14.2. The molecule has 0 heterocycles. The van der Waals surface area contributed by atoms with Crippen LogP contribution in [0.15, 0.2) is 58.3 Å². The molecular formula is C16H18ClNOS. The number of ether oxygens (including phenoxy) is 1. The summed E-state index contributed by atoms with van der Waals surface area (Å²) < 4.78 is 5.00. The van der Waals surface area contributed by atoms with Gasteiger partial charge in [-0.15, -0.1) is 0 Å². The van der Waals surface area contributed by atoms with E-state index in [1.807, 2.05) is 18.2 Å². The summed E-state index contributed by atoms with van der Waals surface area (Å²) in [5.41, 5.74) is 1.27. The highest BCUT2D eigenvalue weighted by Gasteiger charge is 1.99. The standard InChI is InChI=1S/C16H18ClNOS/c1-19-10-9-18-12-13-5-7-15(8-6-13)20-16-4-2-3-14(17)11-16/h2-8,11,18H,9-10,12H2,1H3. The van der Waals surface area contributed by atoms with Crippen molar-refractivity contribution < 1.29 is 4.74 Å². The van der Waals surface area contributed by atoms with Gasteiger partial charge in [0.05, 0.1) is 6.61 Å². The van der Waals surface area contributed by atoms with Gasteiger partial charge in [-0.3, -0.25) is 0 Å². The van der Waals surface area contributed by atoms with Crippen LogP contribution in [-0.2, 0) is 11.3 Å². The van der Waals surface area contributed by atoms with Crippen molar-refractivity contribution >= 4 is 23.4 Å². The highest BCUT2D eigenvalue weighted by atomic mass is 35.5. The molecule has 2 nitrogen and oxygen atoms in total. The van der Waals surface area contributed by atoms with Crippen molar-refractivity contribution in [2.75, 3.05) is 20.3 Å². The van der Waals surface area contributed by atoms with Gasteiger partial charge in [0.1, 0.15) is 0 Å². The number of halogens is 1. The first-order valence-corrected chi connectivity index (χ1v) is 7.69. The molecule has 20 heavy (non-hydrogen) atoms. The summed E-state index contributed by atoms with van der Waals surface area (Å²) in [6, 6.07) is 16.5. The molecule has 0 atom stereocenters. The van der Waals surface area contributed by atoms with Crippen molar-refractivity contribution in [1.82, 2.24) is 5.32 Å². The van der Waals surface area contributed by atoms with Crippen molar-refractivity contribution in [2.45, 2.75) is 16.3 Å². The summed E-state index contributed by atoms with van der Waals surface area (Å²) >= 11 is 7.70. The predicted molar refractivity (Wildman–Crippen MR) is 85.6 cm³/mol. The number of hydrogen-bond acceptors (Lipinski definition) is 3. The number of benzene rings is 2. The molecule has 0 aliphatic rings. The Morgan fingerprint density at radius 1 is 1.10 bits per heavy atom. The molecule has 1 N–H and O–H groups in total. The average Bonchev–Trinajstić information content (AvgIpc) is 2.45. The van der Waals surface area contributed by atoms with Gasteiger partial charge in [-0.2, -0.15) is 0 Å². The van der Waals surface area contributed by atoms with Crippen LogP contribution in [0.25, 0.3) is 0 Å². The Morgan fingerprint density at radius 2 is 1.90 bits per heavy atom. The molecule has 4 heteroatoms. The second-order valence-electron chi connectivity index (χ2n) is 4.37. The lowest BCUT2D eigenvalue weighted by molar-refractivity contribution is 0.199. The van der Waals surface area contributed by atoms with Gasteiger partial charge in [0.15, 0.2) is 0 Å². The van der Waals surface area contributed by atoms with E-state index in [1.165, 1.54) is 10.5 Å². The fourth-order valence-electron chi connectivity index (χ4n) is 1.75. The summed E-state index contributed by atoms with van der Waals surface area (Å²) in [6.45, 7) is 2.48. The first-order chi connectivity index (χ1) is 9.78. The van der Waals surface area contributed by atoms with E-state index in [9.17, 15) is 0 Å². The SMILES string of the molecule is COCCNCc1ccc(Sc2cccc(Cl)c2)cc1. The van der Waals surface area contributed by atoms with E-state index in [0.29, 0.717) is 0 Å². The quantitative estimate of drug-likeness (QED) is 0.774. The zero-order valence-corrected chi connectivity index (χ0v) is 13.0. The van der Waals surface area contributed by atoms with Crippen LogP contribution in [0.1, 0.15) is 5.56 Å². The number of hydrogen-bond donors (Lipinski definition) is 1. The van der Waals surface area contributed by atoms with Gasteiger partial charge in [0.25, 0.3) is 0 Å². The first-order valence-electron chi connectivity index (χ1n) is 6.50. The number of rotatable bonds is 7. The van der Waals surface area contributed by atoms with Crippen LogP contribution < -0.4 is 5.32 Å². The molecule has 2 rings (SSSR count). The third kappa shape index (κ3) is 5.17. The highest BCUT2D eigenvalue weighted by molar-refractivity contribution is 7.99. The predicted octanol–water partition coefficient (Wildman–Crippen LogP) is 4.23. The summed E-state index contributed by atoms with van der Waals surface area (Å²) in [5.74, 6) is 0. The molecule has 0 bridgehead atoms.